The quantitative estimate of drug-likeness (QED) is 0.146. The number of hydrogen-bond donors (Lipinski definition) is 2. The Morgan fingerprint density at radius 2 is 1.73 bits per heavy atom. The van der Waals surface area contributed by atoms with Gasteiger partial charge in [0.25, 0.3) is 0 Å². The second-order valence-corrected chi connectivity index (χ2v) is 11.6. The van der Waals surface area contributed by atoms with Crippen LogP contribution < -0.4 is 9.47 Å². The van der Waals surface area contributed by atoms with Crippen LogP contribution in [0.3, 0.4) is 0 Å². The Balaban J connectivity index is 1.08. The first-order chi connectivity index (χ1) is 21.6. The number of nitrogens with zero attached hydrogens (tertiary/aromatic N) is 1. The third kappa shape index (κ3) is 8.60. The lowest BCUT2D eigenvalue weighted by Crippen LogP contribution is -2.42. The van der Waals surface area contributed by atoms with Crippen molar-refractivity contribution in [3.63, 3.8) is 0 Å². The Morgan fingerprint density at radius 1 is 1.00 bits per heavy atom. The predicted octanol–water partition coefficient (Wildman–Crippen LogP) is 3.45. The molecule has 3 heterocycles. The molecule has 3 aliphatic heterocycles. The number of aliphatic hydroxyl groups is 2. The summed E-state index contributed by atoms with van der Waals surface area (Å²) < 4.78 is 40.2. The number of oxime groups is 1. The molecule has 0 bridgehead atoms. The fourth-order valence-corrected chi connectivity index (χ4v) is 5.27. The van der Waals surface area contributed by atoms with Gasteiger partial charge < -0.3 is 48.2 Å². The first-order valence-electron chi connectivity index (χ1n) is 15.0. The van der Waals surface area contributed by atoms with Crippen molar-refractivity contribution in [1.29, 1.82) is 0 Å². The maximum absolute atomic E-state index is 12.7. The number of hydrogen-bond acceptors (Lipinski definition) is 12. The number of aliphatic hydroxyl groups excluding tert-OH is 2. The highest BCUT2D eigenvalue weighted by atomic mass is 16.8. The zero-order valence-corrected chi connectivity index (χ0v) is 25.8. The van der Waals surface area contributed by atoms with Crippen molar-refractivity contribution in [2.45, 2.75) is 88.4 Å². The highest BCUT2D eigenvalue weighted by molar-refractivity contribution is 5.85. The third-order valence-corrected chi connectivity index (χ3v) is 7.62. The normalized spacial score (nSPS) is 29.6. The number of methoxy groups -OCH3 is 1. The Morgan fingerprint density at radius 3 is 2.44 bits per heavy atom. The van der Waals surface area contributed by atoms with Gasteiger partial charge in [-0.05, 0) is 63.1 Å². The van der Waals surface area contributed by atoms with Crippen molar-refractivity contribution in [2.24, 2.45) is 5.16 Å². The fraction of sp³-hybridized carbons (Fsp3) is 0.515. The molecule has 0 aromatic heterocycles. The second kappa shape index (κ2) is 14.7. The van der Waals surface area contributed by atoms with Crippen LogP contribution in [0.25, 0.3) is 0 Å². The van der Waals surface area contributed by atoms with Crippen molar-refractivity contribution in [1.82, 2.24) is 0 Å². The fourth-order valence-electron chi connectivity index (χ4n) is 5.27. The molecule has 8 atom stereocenters. The lowest BCUT2D eigenvalue weighted by molar-refractivity contribution is -0.228. The van der Waals surface area contributed by atoms with Crippen molar-refractivity contribution >= 4 is 11.7 Å². The summed E-state index contributed by atoms with van der Waals surface area (Å²) in [5.74, 6) is 0.0383. The minimum atomic E-state index is -1.17. The van der Waals surface area contributed by atoms with E-state index in [0.29, 0.717) is 17.2 Å². The van der Waals surface area contributed by atoms with E-state index < -0.39 is 54.7 Å². The highest BCUT2D eigenvalue weighted by Crippen LogP contribution is 2.38. The molecule has 2 N–H and O–H groups in total. The largest absolute Gasteiger partial charge is 0.497 e. The molecule has 244 valence electrons. The minimum Gasteiger partial charge on any atom is -0.497 e. The topological polar surface area (TPSA) is 144 Å². The number of fused-ring (bicyclic) bond motifs is 1. The van der Waals surface area contributed by atoms with E-state index in [1.54, 1.807) is 52.1 Å². The molecule has 45 heavy (non-hydrogen) atoms. The first-order valence-corrected chi connectivity index (χ1v) is 15.0. The van der Waals surface area contributed by atoms with Crippen LogP contribution in [0.15, 0.2) is 71.9 Å². The molecule has 2 aromatic rings. The number of esters is 1. The van der Waals surface area contributed by atoms with Crippen LogP contribution in [0.5, 0.6) is 11.5 Å². The molecule has 0 saturated carbocycles. The number of carbonyl (C=O) groups is 1. The lowest BCUT2D eigenvalue weighted by atomic mass is 10.0. The maximum Gasteiger partial charge on any atom is 0.306 e. The van der Waals surface area contributed by atoms with Crippen molar-refractivity contribution in [2.75, 3.05) is 20.3 Å². The van der Waals surface area contributed by atoms with Crippen LogP contribution >= 0.6 is 0 Å². The molecule has 3 aliphatic rings. The summed E-state index contributed by atoms with van der Waals surface area (Å²) in [6.45, 7) is 4.91. The van der Waals surface area contributed by atoms with Gasteiger partial charge in [0.15, 0.2) is 12.1 Å². The summed E-state index contributed by atoms with van der Waals surface area (Å²) >= 11 is 0. The van der Waals surface area contributed by atoms with Gasteiger partial charge in [0.1, 0.15) is 67.4 Å². The Labute approximate surface area is 262 Å². The summed E-state index contributed by atoms with van der Waals surface area (Å²) in [6, 6.07) is 17.0. The molecule has 0 radical (unpaired) electrons. The van der Waals surface area contributed by atoms with Crippen LogP contribution in [0.4, 0.5) is 0 Å². The molecule has 12 heteroatoms. The standard InChI is InChI=1S/C33H41NO11/c1-20(34-40-18-24(35)30-29(37)31-32(43-30)45-33(2,3)44-31)10-17-28(36)39-19-27-26(41-23-13-11-22(38-4)12-14-23)16-15-25(42-27)21-8-6-5-7-9-21/h5-9,11-16,24-27,29-32,35,37H,10,17-19H2,1-4H3/b34-20+/t24-,25+,26+,27-,29+,30-,31-,32-/m1/s1. The average Bonchev–Trinajstić information content (AvgIpc) is 3.51. The summed E-state index contributed by atoms with van der Waals surface area (Å²) in [4.78, 5) is 17.9. The van der Waals surface area contributed by atoms with Crippen molar-refractivity contribution < 1.29 is 53.0 Å². The Hall–Kier alpha value is -3.52. The van der Waals surface area contributed by atoms with E-state index in [2.05, 4.69) is 5.16 Å². The van der Waals surface area contributed by atoms with Crippen LogP contribution in [-0.2, 0) is 33.3 Å². The van der Waals surface area contributed by atoms with Gasteiger partial charge in [-0.3, -0.25) is 4.79 Å². The Kier molecular flexibility index (Phi) is 10.7. The molecule has 5 rings (SSSR count). The van der Waals surface area contributed by atoms with Crippen LogP contribution in [0.2, 0.25) is 0 Å². The monoisotopic (exact) mass is 627 g/mol. The minimum absolute atomic E-state index is 0.0114. The Bertz CT molecular complexity index is 1320. The molecular weight excluding hydrogens is 586 g/mol. The molecule has 0 unspecified atom stereocenters. The van der Waals surface area contributed by atoms with Gasteiger partial charge in [0.2, 0.25) is 0 Å². The molecule has 2 aromatic carbocycles. The van der Waals surface area contributed by atoms with E-state index in [0.717, 1.165) is 5.56 Å². The van der Waals surface area contributed by atoms with Gasteiger partial charge in [-0.15, -0.1) is 0 Å². The van der Waals surface area contributed by atoms with Gasteiger partial charge >= 0.3 is 5.97 Å². The number of carbonyl (C=O) groups excluding carboxylic acids is 1. The zero-order chi connectivity index (χ0) is 32.0. The zero-order valence-electron chi connectivity index (χ0n) is 25.8. The van der Waals surface area contributed by atoms with E-state index in [4.69, 9.17) is 38.0 Å². The molecule has 0 spiro atoms. The van der Waals surface area contributed by atoms with E-state index in [1.807, 2.05) is 42.5 Å². The van der Waals surface area contributed by atoms with E-state index in [-0.39, 0.29) is 32.2 Å². The molecular formula is C33H41NO11. The third-order valence-electron chi connectivity index (χ3n) is 7.62. The van der Waals surface area contributed by atoms with Crippen LogP contribution in [-0.4, -0.2) is 90.9 Å². The van der Waals surface area contributed by atoms with Gasteiger partial charge in [0, 0.05) is 0 Å². The van der Waals surface area contributed by atoms with Crippen LogP contribution in [0.1, 0.15) is 45.3 Å². The van der Waals surface area contributed by atoms with Crippen molar-refractivity contribution in [3.05, 3.63) is 72.3 Å². The molecule has 2 fully saturated rings. The molecule has 0 amide bonds. The average molecular weight is 628 g/mol. The summed E-state index contributed by atoms with van der Waals surface area (Å²) in [6.07, 6.45) is -1.80. The predicted molar refractivity (Wildman–Crippen MR) is 161 cm³/mol. The van der Waals surface area contributed by atoms with Gasteiger partial charge in [0.05, 0.1) is 19.2 Å². The van der Waals surface area contributed by atoms with Gasteiger partial charge in [-0.2, -0.15) is 0 Å². The summed E-state index contributed by atoms with van der Waals surface area (Å²) in [7, 11) is 1.60. The second-order valence-electron chi connectivity index (χ2n) is 11.6. The molecule has 0 aliphatic carbocycles. The highest BCUT2D eigenvalue weighted by Gasteiger charge is 2.56. The number of rotatable bonds is 13. The van der Waals surface area contributed by atoms with Gasteiger partial charge in [-0.1, -0.05) is 41.6 Å². The summed E-state index contributed by atoms with van der Waals surface area (Å²) in [5.41, 5.74) is 1.51. The van der Waals surface area contributed by atoms with E-state index >= 15 is 0 Å². The number of ether oxygens (including phenoxy) is 7. The van der Waals surface area contributed by atoms with Crippen molar-refractivity contribution in [3.8, 4) is 11.5 Å². The summed E-state index contributed by atoms with van der Waals surface area (Å²) in [5, 5.41) is 24.9. The van der Waals surface area contributed by atoms with Gasteiger partial charge in [-0.25, -0.2) is 0 Å². The molecule has 12 nitrogen and oxygen atoms in total. The maximum atomic E-state index is 12.7. The van der Waals surface area contributed by atoms with E-state index in [1.165, 1.54) is 0 Å². The SMILES string of the molecule is COc1ccc(O[C@H]2C=C[C@@H](c3ccccc3)O[C@@H]2COC(=O)CC/C(C)=N/OC[C@@H](O)[C@H]2O[C@@H]3OC(C)(C)O[C@@H]3[C@H]2O)cc1. The van der Waals surface area contributed by atoms with E-state index in [9.17, 15) is 15.0 Å². The molecule has 2 saturated heterocycles. The number of benzene rings is 2. The first kappa shape index (κ1) is 32.9. The lowest BCUT2D eigenvalue weighted by Gasteiger charge is -2.32. The van der Waals surface area contributed by atoms with Crippen LogP contribution in [0, 0.1) is 0 Å². The smallest absolute Gasteiger partial charge is 0.306 e.